The summed E-state index contributed by atoms with van der Waals surface area (Å²) in [6.45, 7) is 3.20. The number of rotatable bonds is 6. The van der Waals surface area contributed by atoms with Crippen molar-refractivity contribution < 1.29 is 23.1 Å². The van der Waals surface area contributed by atoms with Crippen LogP contribution in [0.3, 0.4) is 0 Å². The molecule has 0 spiro atoms. The number of esters is 1. The number of amides is 1. The third-order valence-corrected chi connectivity index (χ3v) is 5.02. The molecule has 7 nitrogen and oxygen atoms in total. The van der Waals surface area contributed by atoms with E-state index in [-0.39, 0.29) is 35.0 Å². The average molecular weight is 438 g/mol. The monoisotopic (exact) mass is 438 g/mol. The highest BCUT2D eigenvalue weighted by Crippen LogP contribution is 2.27. The van der Waals surface area contributed by atoms with E-state index in [0.717, 1.165) is 23.4 Å². The molecule has 0 aliphatic carbocycles. The standard InChI is InChI=1S/C23H20F2N4O3/c1-13-14(2)29(11-15-3-5-16(24)6-4-15)22(19(13)10-26)28-21(30)12-32-23(31)18-8-7-17(25)9-20(18)27/h3-9H,11-12,27H2,1-2H3,(H,28,30). The summed E-state index contributed by atoms with van der Waals surface area (Å²) in [4.78, 5) is 24.6. The van der Waals surface area contributed by atoms with E-state index in [2.05, 4.69) is 11.4 Å². The van der Waals surface area contributed by atoms with Crippen LogP contribution < -0.4 is 11.1 Å². The first-order valence-corrected chi connectivity index (χ1v) is 9.57. The van der Waals surface area contributed by atoms with Gasteiger partial charge >= 0.3 is 5.97 Å². The SMILES string of the molecule is Cc1c(C#N)c(NC(=O)COC(=O)c2ccc(F)cc2N)n(Cc2ccc(F)cc2)c1C. The lowest BCUT2D eigenvalue weighted by molar-refractivity contribution is -0.119. The van der Waals surface area contributed by atoms with Crippen LogP contribution in [0, 0.1) is 36.8 Å². The van der Waals surface area contributed by atoms with Gasteiger partial charge in [-0.25, -0.2) is 13.6 Å². The Morgan fingerprint density at radius 2 is 1.78 bits per heavy atom. The molecule has 0 bridgehead atoms. The minimum absolute atomic E-state index is 0.0664. The maximum Gasteiger partial charge on any atom is 0.340 e. The first-order valence-electron chi connectivity index (χ1n) is 9.57. The summed E-state index contributed by atoms with van der Waals surface area (Å²) >= 11 is 0. The van der Waals surface area contributed by atoms with Gasteiger partial charge in [-0.15, -0.1) is 0 Å². The Kier molecular flexibility index (Phi) is 6.54. The number of nitrogen functional groups attached to an aromatic ring is 1. The van der Waals surface area contributed by atoms with Crippen LogP contribution in [0.5, 0.6) is 0 Å². The van der Waals surface area contributed by atoms with Crippen molar-refractivity contribution in [3.05, 3.63) is 82.0 Å². The molecule has 0 saturated carbocycles. The fourth-order valence-electron chi connectivity index (χ4n) is 3.20. The first-order chi connectivity index (χ1) is 15.2. The smallest absolute Gasteiger partial charge is 0.340 e. The summed E-state index contributed by atoms with van der Waals surface area (Å²) in [6.07, 6.45) is 0. The molecule has 1 aromatic heterocycles. The number of nitrogens with zero attached hydrogens (tertiary/aromatic N) is 2. The summed E-state index contributed by atoms with van der Waals surface area (Å²) < 4.78 is 33.1. The van der Waals surface area contributed by atoms with Gasteiger partial charge in [-0.3, -0.25) is 4.79 Å². The third-order valence-electron chi connectivity index (χ3n) is 5.02. The summed E-state index contributed by atoms with van der Waals surface area (Å²) in [5, 5.41) is 12.2. The van der Waals surface area contributed by atoms with Gasteiger partial charge in [0.05, 0.1) is 11.1 Å². The van der Waals surface area contributed by atoms with Crippen molar-refractivity contribution in [2.24, 2.45) is 0 Å². The lowest BCUT2D eigenvalue weighted by Gasteiger charge is -2.14. The number of nitriles is 1. The fraction of sp³-hybridized carbons (Fsp3) is 0.174. The summed E-state index contributed by atoms with van der Waals surface area (Å²) in [7, 11) is 0. The number of halogens is 2. The molecule has 1 heterocycles. The molecule has 0 saturated heterocycles. The number of ether oxygens (including phenoxy) is 1. The number of carbonyl (C=O) groups is 2. The molecule has 1 amide bonds. The van der Waals surface area contributed by atoms with Gasteiger partial charge in [0.1, 0.15) is 23.5 Å². The molecular weight excluding hydrogens is 418 g/mol. The Morgan fingerprint density at radius 1 is 1.12 bits per heavy atom. The van der Waals surface area contributed by atoms with Crippen LogP contribution in [0.15, 0.2) is 42.5 Å². The van der Waals surface area contributed by atoms with E-state index < -0.39 is 24.3 Å². The Bertz CT molecular complexity index is 1230. The van der Waals surface area contributed by atoms with Crippen LogP contribution in [0.2, 0.25) is 0 Å². The van der Waals surface area contributed by atoms with Gasteiger partial charge in [0.15, 0.2) is 6.61 Å². The molecular formula is C23H20F2N4O3. The highest BCUT2D eigenvalue weighted by atomic mass is 19.1. The van der Waals surface area contributed by atoms with Crippen LogP contribution in [0.4, 0.5) is 20.3 Å². The van der Waals surface area contributed by atoms with E-state index >= 15 is 0 Å². The molecule has 3 aromatic rings. The van der Waals surface area contributed by atoms with E-state index in [1.54, 1.807) is 30.5 Å². The van der Waals surface area contributed by atoms with Crippen molar-refractivity contribution in [1.29, 1.82) is 5.26 Å². The second-order valence-electron chi connectivity index (χ2n) is 7.11. The Labute approximate surface area is 183 Å². The number of hydrogen-bond donors (Lipinski definition) is 2. The highest BCUT2D eigenvalue weighted by molar-refractivity contribution is 5.98. The molecule has 3 N–H and O–H groups in total. The predicted molar refractivity (Wildman–Crippen MR) is 114 cm³/mol. The van der Waals surface area contributed by atoms with Gasteiger partial charge in [-0.2, -0.15) is 5.26 Å². The van der Waals surface area contributed by atoms with Crippen LogP contribution in [-0.2, 0) is 16.1 Å². The van der Waals surface area contributed by atoms with E-state index in [1.165, 1.54) is 18.2 Å². The van der Waals surface area contributed by atoms with Gasteiger partial charge in [0.25, 0.3) is 5.91 Å². The lowest BCUT2D eigenvalue weighted by atomic mass is 10.2. The number of anilines is 2. The van der Waals surface area contributed by atoms with Crippen LogP contribution in [-0.4, -0.2) is 23.1 Å². The van der Waals surface area contributed by atoms with Crippen molar-refractivity contribution >= 4 is 23.4 Å². The van der Waals surface area contributed by atoms with E-state index in [9.17, 15) is 23.6 Å². The number of hydrogen-bond acceptors (Lipinski definition) is 5. The summed E-state index contributed by atoms with van der Waals surface area (Å²) in [6, 6.07) is 11.1. The minimum atomic E-state index is -0.882. The van der Waals surface area contributed by atoms with Crippen LogP contribution in [0.1, 0.15) is 32.7 Å². The molecule has 0 fully saturated rings. The van der Waals surface area contributed by atoms with Gasteiger partial charge < -0.3 is 20.4 Å². The minimum Gasteiger partial charge on any atom is -0.452 e. The zero-order valence-electron chi connectivity index (χ0n) is 17.4. The zero-order chi connectivity index (χ0) is 23.4. The number of nitrogens with one attached hydrogen (secondary N) is 1. The second kappa shape index (κ2) is 9.31. The van der Waals surface area contributed by atoms with E-state index in [1.807, 2.05) is 0 Å². The number of carbonyl (C=O) groups excluding carboxylic acids is 2. The molecule has 0 atom stereocenters. The molecule has 0 unspecified atom stereocenters. The molecule has 164 valence electrons. The van der Waals surface area contributed by atoms with Gasteiger partial charge in [-0.05, 0) is 55.3 Å². The maximum atomic E-state index is 13.2. The topological polar surface area (TPSA) is 110 Å². The lowest BCUT2D eigenvalue weighted by Crippen LogP contribution is -2.23. The molecule has 3 rings (SSSR count). The van der Waals surface area contributed by atoms with Crippen LogP contribution >= 0.6 is 0 Å². The van der Waals surface area contributed by atoms with Crippen molar-refractivity contribution in [2.75, 3.05) is 17.7 Å². The van der Waals surface area contributed by atoms with Crippen molar-refractivity contribution in [2.45, 2.75) is 20.4 Å². The highest BCUT2D eigenvalue weighted by Gasteiger charge is 2.21. The fourth-order valence-corrected chi connectivity index (χ4v) is 3.20. The predicted octanol–water partition coefficient (Wildman–Crippen LogP) is 3.68. The second-order valence-corrected chi connectivity index (χ2v) is 7.11. The van der Waals surface area contributed by atoms with E-state index in [0.29, 0.717) is 5.56 Å². The average Bonchev–Trinajstić information content (AvgIpc) is 2.97. The quantitative estimate of drug-likeness (QED) is 0.451. The summed E-state index contributed by atoms with van der Waals surface area (Å²) in [5.74, 6) is -2.28. The summed E-state index contributed by atoms with van der Waals surface area (Å²) in [5.41, 5.74) is 7.90. The molecule has 2 aromatic carbocycles. The van der Waals surface area contributed by atoms with Gasteiger partial charge in [-0.1, -0.05) is 12.1 Å². The molecule has 9 heteroatoms. The van der Waals surface area contributed by atoms with Gasteiger partial charge in [0.2, 0.25) is 0 Å². The Morgan fingerprint density at radius 3 is 2.41 bits per heavy atom. The van der Waals surface area contributed by atoms with Crippen molar-refractivity contribution in [1.82, 2.24) is 4.57 Å². The zero-order valence-corrected chi connectivity index (χ0v) is 17.4. The van der Waals surface area contributed by atoms with Crippen molar-refractivity contribution in [3.63, 3.8) is 0 Å². The molecule has 32 heavy (non-hydrogen) atoms. The first kappa shape index (κ1) is 22.5. The largest absolute Gasteiger partial charge is 0.452 e. The molecule has 0 aliphatic heterocycles. The Balaban J connectivity index is 1.77. The third kappa shape index (κ3) is 4.75. The number of aromatic nitrogens is 1. The molecule has 0 radical (unpaired) electrons. The molecule has 0 aliphatic rings. The van der Waals surface area contributed by atoms with Gasteiger partial charge in [0, 0.05) is 17.9 Å². The van der Waals surface area contributed by atoms with E-state index in [4.69, 9.17) is 10.5 Å². The maximum absolute atomic E-state index is 13.2. The number of nitrogens with two attached hydrogens (primary N) is 1. The normalized spacial score (nSPS) is 10.5. The number of benzene rings is 2. The Hall–Kier alpha value is -4.19. The van der Waals surface area contributed by atoms with Crippen molar-refractivity contribution in [3.8, 4) is 6.07 Å². The van der Waals surface area contributed by atoms with Crippen LogP contribution in [0.25, 0.3) is 0 Å².